The van der Waals surface area contributed by atoms with Gasteiger partial charge in [-0.1, -0.05) is 29.3 Å². The van der Waals surface area contributed by atoms with E-state index < -0.39 is 0 Å². The lowest BCUT2D eigenvalue weighted by atomic mass is 10.1. The smallest absolute Gasteiger partial charge is 0.138 e. The van der Waals surface area contributed by atoms with Crippen LogP contribution in [0.25, 0.3) is 0 Å². The fourth-order valence-electron chi connectivity index (χ4n) is 1.54. The molecule has 0 saturated heterocycles. The zero-order valence-electron chi connectivity index (χ0n) is 9.59. The van der Waals surface area contributed by atoms with Crippen LogP contribution in [-0.2, 0) is 6.42 Å². The molecule has 1 atom stereocenters. The molecule has 4 heteroatoms. The maximum absolute atomic E-state index is 6.15. The van der Waals surface area contributed by atoms with Crippen molar-refractivity contribution in [1.82, 2.24) is 0 Å². The molecular weight excluding hydrogens is 245 g/mol. The highest BCUT2D eigenvalue weighted by Gasteiger charge is 2.10. The molecule has 90 valence electrons. The van der Waals surface area contributed by atoms with E-state index in [1.54, 1.807) is 7.11 Å². The third-order valence-corrected chi connectivity index (χ3v) is 3.36. The Morgan fingerprint density at radius 2 is 2.00 bits per heavy atom. The first kappa shape index (κ1) is 13.6. The molecule has 0 aliphatic heterocycles. The summed E-state index contributed by atoms with van der Waals surface area (Å²) < 4.78 is 5.09. The Bertz CT molecular complexity index is 353. The summed E-state index contributed by atoms with van der Waals surface area (Å²) in [6, 6.07) is 4.02. The molecule has 1 rings (SSSR count). The van der Waals surface area contributed by atoms with E-state index in [-0.39, 0.29) is 6.04 Å². The average molecular weight is 262 g/mol. The molecule has 0 fully saturated rings. The van der Waals surface area contributed by atoms with Crippen molar-refractivity contribution in [2.24, 2.45) is 5.73 Å². The van der Waals surface area contributed by atoms with Crippen LogP contribution in [-0.4, -0.2) is 13.2 Å². The predicted molar refractivity (Wildman–Crippen MR) is 69.6 cm³/mol. The van der Waals surface area contributed by atoms with E-state index in [2.05, 4.69) is 0 Å². The van der Waals surface area contributed by atoms with Gasteiger partial charge in [0.25, 0.3) is 0 Å². The topological polar surface area (TPSA) is 35.2 Å². The van der Waals surface area contributed by atoms with Gasteiger partial charge in [0.2, 0.25) is 0 Å². The lowest BCUT2D eigenvalue weighted by Crippen LogP contribution is -2.14. The lowest BCUT2D eigenvalue weighted by molar-refractivity contribution is 0.415. The second-order valence-electron chi connectivity index (χ2n) is 3.92. The van der Waals surface area contributed by atoms with Gasteiger partial charge in [0.1, 0.15) is 10.8 Å². The number of methoxy groups -OCH3 is 1. The Labute approximate surface area is 107 Å². The van der Waals surface area contributed by atoms with Gasteiger partial charge in [-0.2, -0.15) is 0 Å². The highest BCUT2D eigenvalue weighted by molar-refractivity contribution is 6.43. The van der Waals surface area contributed by atoms with Crippen molar-refractivity contribution >= 4 is 23.2 Å². The van der Waals surface area contributed by atoms with Gasteiger partial charge in [-0.05, 0) is 37.8 Å². The molecule has 1 aromatic rings. The number of halogens is 2. The molecule has 0 heterocycles. The van der Waals surface area contributed by atoms with E-state index in [4.69, 9.17) is 33.7 Å². The average Bonchev–Trinajstić information content (AvgIpc) is 2.24. The van der Waals surface area contributed by atoms with Crippen molar-refractivity contribution in [2.45, 2.75) is 32.2 Å². The number of aryl methyl sites for hydroxylation is 1. The molecule has 0 aliphatic carbocycles. The van der Waals surface area contributed by atoms with Gasteiger partial charge in [0.15, 0.2) is 0 Å². The first-order valence-electron chi connectivity index (χ1n) is 5.32. The molecule has 0 aliphatic rings. The summed E-state index contributed by atoms with van der Waals surface area (Å²) in [4.78, 5) is 0. The summed E-state index contributed by atoms with van der Waals surface area (Å²) >= 11 is 12.2. The van der Waals surface area contributed by atoms with Gasteiger partial charge in [0, 0.05) is 6.04 Å². The number of nitrogens with two attached hydrogens (primary N) is 1. The first-order chi connectivity index (χ1) is 7.56. The molecular formula is C12H17Cl2NO. The van der Waals surface area contributed by atoms with Gasteiger partial charge in [0.05, 0.1) is 12.1 Å². The van der Waals surface area contributed by atoms with E-state index >= 15 is 0 Å². The Morgan fingerprint density at radius 3 is 2.56 bits per heavy atom. The number of benzene rings is 1. The predicted octanol–water partition coefficient (Wildman–Crippen LogP) is 3.67. The Kier molecular flexibility index (Phi) is 5.39. The van der Waals surface area contributed by atoms with Crippen molar-refractivity contribution < 1.29 is 4.74 Å². The van der Waals surface area contributed by atoms with Crippen molar-refractivity contribution in [3.8, 4) is 5.75 Å². The molecule has 2 N–H and O–H groups in total. The summed E-state index contributed by atoms with van der Waals surface area (Å²) in [6.07, 6.45) is 2.89. The minimum atomic E-state index is 0.229. The van der Waals surface area contributed by atoms with E-state index in [9.17, 15) is 0 Å². The van der Waals surface area contributed by atoms with Crippen molar-refractivity contribution in [3.05, 3.63) is 27.7 Å². The van der Waals surface area contributed by atoms with Crippen molar-refractivity contribution in [2.75, 3.05) is 7.11 Å². The standard InChI is InChI=1S/C12H17Cl2NO/c1-8(15)4-3-5-9-6-7-10(16-2)12(14)11(9)13/h6-8H,3-5,15H2,1-2H3. The number of hydrogen-bond donors (Lipinski definition) is 1. The summed E-state index contributed by atoms with van der Waals surface area (Å²) in [5.41, 5.74) is 6.74. The third-order valence-electron chi connectivity index (χ3n) is 2.45. The second-order valence-corrected chi connectivity index (χ2v) is 4.68. The number of hydrogen-bond acceptors (Lipinski definition) is 2. The number of ether oxygens (including phenoxy) is 1. The maximum Gasteiger partial charge on any atom is 0.138 e. The normalized spacial score (nSPS) is 12.6. The Hall–Kier alpha value is -0.440. The van der Waals surface area contributed by atoms with Crippen LogP contribution in [0.2, 0.25) is 10.0 Å². The van der Waals surface area contributed by atoms with Crippen LogP contribution < -0.4 is 10.5 Å². The highest BCUT2D eigenvalue weighted by atomic mass is 35.5. The molecule has 16 heavy (non-hydrogen) atoms. The fraction of sp³-hybridized carbons (Fsp3) is 0.500. The van der Waals surface area contributed by atoms with Crippen LogP contribution in [0, 0.1) is 0 Å². The fourth-order valence-corrected chi connectivity index (χ4v) is 2.05. The molecule has 1 aromatic carbocycles. The Balaban J connectivity index is 2.71. The van der Waals surface area contributed by atoms with Gasteiger partial charge < -0.3 is 10.5 Å². The molecule has 0 saturated carbocycles. The second kappa shape index (κ2) is 6.33. The van der Waals surface area contributed by atoms with Gasteiger partial charge in [-0.25, -0.2) is 0 Å². The first-order valence-corrected chi connectivity index (χ1v) is 6.08. The SMILES string of the molecule is COc1ccc(CCCC(C)N)c(Cl)c1Cl. The maximum atomic E-state index is 6.15. The van der Waals surface area contributed by atoms with Gasteiger partial charge in [-0.3, -0.25) is 0 Å². The van der Waals surface area contributed by atoms with Crippen LogP contribution >= 0.6 is 23.2 Å². The van der Waals surface area contributed by atoms with Gasteiger partial charge in [-0.15, -0.1) is 0 Å². The molecule has 0 radical (unpaired) electrons. The molecule has 0 amide bonds. The zero-order valence-corrected chi connectivity index (χ0v) is 11.1. The summed E-state index contributed by atoms with van der Waals surface area (Å²) in [6.45, 7) is 2.00. The van der Waals surface area contributed by atoms with E-state index in [1.807, 2.05) is 19.1 Å². The van der Waals surface area contributed by atoms with E-state index in [0.29, 0.717) is 15.8 Å². The largest absolute Gasteiger partial charge is 0.495 e. The summed E-state index contributed by atoms with van der Waals surface area (Å²) in [7, 11) is 1.58. The molecule has 0 bridgehead atoms. The molecule has 0 spiro atoms. The van der Waals surface area contributed by atoms with Crippen LogP contribution in [0.3, 0.4) is 0 Å². The minimum Gasteiger partial charge on any atom is -0.495 e. The summed E-state index contributed by atoms with van der Waals surface area (Å²) in [5.74, 6) is 0.614. The van der Waals surface area contributed by atoms with E-state index in [1.165, 1.54) is 0 Å². The Morgan fingerprint density at radius 1 is 1.31 bits per heavy atom. The molecule has 2 nitrogen and oxygen atoms in total. The number of rotatable bonds is 5. The van der Waals surface area contributed by atoms with Crippen molar-refractivity contribution in [1.29, 1.82) is 0 Å². The van der Waals surface area contributed by atoms with Crippen LogP contribution in [0.4, 0.5) is 0 Å². The van der Waals surface area contributed by atoms with Crippen LogP contribution in [0.1, 0.15) is 25.3 Å². The summed E-state index contributed by atoms with van der Waals surface area (Å²) in [5, 5.41) is 1.08. The van der Waals surface area contributed by atoms with Crippen LogP contribution in [0.15, 0.2) is 12.1 Å². The quantitative estimate of drug-likeness (QED) is 0.878. The van der Waals surface area contributed by atoms with Crippen LogP contribution in [0.5, 0.6) is 5.75 Å². The van der Waals surface area contributed by atoms with Crippen molar-refractivity contribution in [3.63, 3.8) is 0 Å². The monoisotopic (exact) mass is 261 g/mol. The highest BCUT2D eigenvalue weighted by Crippen LogP contribution is 2.35. The molecule has 0 aromatic heterocycles. The van der Waals surface area contributed by atoms with Gasteiger partial charge >= 0.3 is 0 Å². The minimum absolute atomic E-state index is 0.229. The van der Waals surface area contributed by atoms with E-state index in [0.717, 1.165) is 24.8 Å². The third kappa shape index (κ3) is 3.55. The zero-order chi connectivity index (χ0) is 12.1. The lowest BCUT2D eigenvalue weighted by Gasteiger charge is -2.10. The molecule has 1 unspecified atom stereocenters.